The normalized spacial score (nSPS) is 12.1. The van der Waals surface area contributed by atoms with E-state index in [2.05, 4.69) is 6.07 Å². The predicted molar refractivity (Wildman–Crippen MR) is 81.5 cm³/mol. The van der Waals surface area contributed by atoms with Crippen molar-refractivity contribution in [2.24, 2.45) is 0 Å². The molecule has 0 fully saturated rings. The Kier molecular flexibility index (Phi) is 5.56. The number of para-hydroxylation sites is 1. The second kappa shape index (κ2) is 7.42. The molecule has 2 aromatic carbocycles. The van der Waals surface area contributed by atoms with Gasteiger partial charge in [0.1, 0.15) is 5.75 Å². The number of benzene rings is 2. The van der Waals surface area contributed by atoms with Crippen molar-refractivity contribution in [2.45, 2.75) is 12.3 Å². The minimum Gasteiger partial charge on any atom is -0.494 e. The first-order valence-electron chi connectivity index (χ1n) is 6.29. The lowest BCUT2D eigenvalue weighted by atomic mass is 9.98. The highest BCUT2D eigenvalue weighted by atomic mass is 35.5. The fourth-order valence-corrected chi connectivity index (χ4v) is 2.46. The van der Waals surface area contributed by atoms with E-state index in [0.29, 0.717) is 12.5 Å². The van der Waals surface area contributed by atoms with E-state index in [1.165, 1.54) is 5.56 Å². The lowest BCUT2D eigenvalue weighted by Gasteiger charge is -2.15. The van der Waals surface area contributed by atoms with E-state index < -0.39 is 0 Å². The Morgan fingerprint density at radius 3 is 2.47 bits per heavy atom. The van der Waals surface area contributed by atoms with Gasteiger partial charge in [-0.2, -0.15) is 0 Å². The SMILES string of the molecule is ClCC(CCOc1ccccc1)c1cccc(Cl)c1. The van der Waals surface area contributed by atoms with Crippen molar-refractivity contribution in [1.82, 2.24) is 0 Å². The molecule has 3 heteroatoms. The smallest absolute Gasteiger partial charge is 0.119 e. The average molecular weight is 295 g/mol. The molecule has 0 aliphatic rings. The van der Waals surface area contributed by atoms with Crippen LogP contribution in [0.4, 0.5) is 0 Å². The summed E-state index contributed by atoms with van der Waals surface area (Å²) in [5.74, 6) is 1.73. The van der Waals surface area contributed by atoms with Crippen molar-refractivity contribution in [3.05, 3.63) is 65.2 Å². The number of rotatable bonds is 6. The molecule has 0 spiro atoms. The molecule has 0 amide bonds. The Morgan fingerprint density at radius 1 is 1.00 bits per heavy atom. The second-order valence-corrected chi connectivity index (χ2v) is 5.10. The van der Waals surface area contributed by atoms with E-state index in [4.69, 9.17) is 27.9 Å². The highest BCUT2D eigenvalue weighted by Crippen LogP contribution is 2.24. The Bertz CT molecular complexity index is 499. The van der Waals surface area contributed by atoms with Crippen LogP contribution in [-0.2, 0) is 0 Å². The van der Waals surface area contributed by atoms with Gasteiger partial charge in [-0.05, 0) is 36.2 Å². The van der Waals surface area contributed by atoms with Crippen LogP contribution in [0.2, 0.25) is 5.02 Å². The topological polar surface area (TPSA) is 9.23 Å². The molecular weight excluding hydrogens is 279 g/mol. The van der Waals surface area contributed by atoms with Gasteiger partial charge in [-0.1, -0.05) is 41.9 Å². The van der Waals surface area contributed by atoms with E-state index in [9.17, 15) is 0 Å². The van der Waals surface area contributed by atoms with Crippen molar-refractivity contribution >= 4 is 23.2 Å². The fraction of sp³-hybridized carbons (Fsp3) is 0.250. The van der Waals surface area contributed by atoms with Crippen LogP contribution in [0.5, 0.6) is 5.75 Å². The number of hydrogen-bond donors (Lipinski definition) is 0. The predicted octanol–water partition coefficient (Wildman–Crippen LogP) is 5.13. The molecule has 2 aromatic rings. The average Bonchev–Trinajstić information content (AvgIpc) is 2.45. The van der Waals surface area contributed by atoms with Gasteiger partial charge >= 0.3 is 0 Å². The third-order valence-electron chi connectivity index (χ3n) is 2.98. The minimum absolute atomic E-state index is 0.268. The molecular formula is C16H16Cl2O. The van der Waals surface area contributed by atoms with Crippen LogP contribution in [0.1, 0.15) is 17.9 Å². The van der Waals surface area contributed by atoms with Gasteiger partial charge in [0.15, 0.2) is 0 Å². The Balaban J connectivity index is 1.89. The summed E-state index contributed by atoms with van der Waals surface area (Å²) >= 11 is 12.0. The lowest BCUT2D eigenvalue weighted by molar-refractivity contribution is 0.301. The van der Waals surface area contributed by atoms with Gasteiger partial charge in [0.05, 0.1) is 6.61 Å². The van der Waals surface area contributed by atoms with Crippen LogP contribution >= 0.6 is 23.2 Å². The van der Waals surface area contributed by atoms with Gasteiger partial charge in [0.25, 0.3) is 0 Å². The maximum atomic E-state index is 6.04. The zero-order valence-corrected chi connectivity index (χ0v) is 12.1. The Labute approximate surface area is 124 Å². The molecule has 0 radical (unpaired) electrons. The van der Waals surface area contributed by atoms with Gasteiger partial charge in [0.2, 0.25) is 0 Å². The van der Waals surface area contributed by atoms with Crippen LogP contribution < -0.4 is 4.74 Å². The van der Waals surface area contributed by atoms with Crippen LogP contribution in [0.3, 0.4) is 0 Å². The fourth-order valence-electron chi connectivity index (χ4n) is 1.93. The molecule has 1 unspecified atom stereocenters. The molecule has 1 nitrogen and oxygen atoms in total. The summed E-state index contributed by atoms with van der Waals surface area (Å²) in [5, 5.41) is 0.747. The van der Waals surface area contributed by atoms with E-state index in [1.54, 1.807) is 0 Å². The van der Waals surface area contributed by atoms with Crippen molar-refractivity contribution in [1.29, 1.82) is 0 Å². The zero-order chi connectivity index (χ0) is 13.5. The summed E-state index contributed by atoms with van der Waals surface area (Å²) in [7, 11) is 0. The van der Waals surface area contributed by atoms with Crippen LogP contribution in [-0.4, -0.2) is 12.5 Å². The maximum Gasteiger partial charge on any atom is 0.119 e. The molecule has 0 aliphatic heterocycles. The summed E-state index contributed by atoms with van der Waals surface area (Å²) in [4.78, 5) is 0. The first kappa shape index (κ1) is 14.2. The molecule has 0 aromatic heterocycles. The van der Waals surface area contributed by atoms with Crippen molar-refractivity contribution in [2.75, 3.05) is 12.5 Å². The van der Waals surface area contributed by atoms with Gasteiger partial charge in [-0.15, -0.1) is 11.6 Å². The highest BCUT2D eigenvalue weighted by molar-refractivity contribution is 6.30. The van der Waals surface area contributed by atoms with Gasteiger partial charge in [-0.25, -0.2) is 0 Å². The van der Waals surface area contributed by atoms with E-state index in [-0.39, 0.29) is 5.92 Å². The van der Waals surface area contributed by atoms with E-state index >= 15 is 0 Å². The number of ether oxygens (including phenoxy) is 1. The quantitative estimate of drug-likeness (QED) is 0.671. The van der Waals surface area contributed by atoms with Crippen molar-refractivity contribution < 1.29 is 4.74 Å². The molecule has 100 valence electrons. The molecule has 19 heavy (non-hydrogen) atoms. The Hall–Kier alpha value is -1.18. The van der Waals surface area contributed by atoms with Crippen LogP contribution in [0.15, 0.2) is 54.6 Å². The van der Waals surface area contributed by atoms with Crippen LogP contribution in [0, 0.1) is 0 Å². The molecule has 0 N–H and O–H groups in total. The second-order valence-electron chi connectivity index (χ2n) is 4.36. The lowest BCUT2D eigenvalue weighted by Crippen LogP contribution is -2.07. The molecule has 0 saturated heterocycles. The largest absolute Gasteiger partial charge is 0.494 e. The molecule has 0 bridgehead atoms. The molecule has 0 aliphatic carbocycles. The first-order chi connectivity index (χ1) is 9.29. The molecule has 2 rings (SSSR count). The van der Waals surface area contributed by atoms with Crippen molar-refractivity contribution in [3.8, 4) is 5.75 Å². The summed E-state index contributed by atoms with van der Waals surface area (Å²) in [6.45, 7) is 0.647. The summed E-state index contributed by atoms with van der Waals surface area (Å²) in [5.41, 5.74) is 1.17. The van der Waals surface area contributed by atoms with E-state index in [1.807, 2.05) is 48.5 Å². The number of alkyl halides is 1. The summed E-state index contributed by atoms with van der Waals surface area (Å²) in [6.07, 6.45) is 0.874. The monoisotopic (exact) mass is 294 g/mol. The molecule has 0 saturated carbocycles. The zero-order valence-electron chi connectivity index (χ0n) is 10.6. The maximum absolute atomic E-state index is 6.04. The van der Waals surface area contributed by atoms with E-state index in [0.717, 1.165) is 17.2 Å². The molecule has 0 heterocycles. The summed E-state index contributed by atoms with van der Waals surface area (Å²) < 4.78 is 5.70. The van der Waals surface area contributed by atoms with Crippen molar-refractivity contribution in [3.63, 3.8) is 0 Å². The third-order valence-corrected chi connectivity index (χ3v) is 3.59. The molecule has 1 atom stereocenters. The highest BCUT2D eigenvalue weighted by Gasteiger charge is 2.11. The number of halogens is 2. The first-order valence-corrected chi connectivity index (χ1v) is 7.20. The van der Waals surface area contributed by atoms with Gasteiger partial charge < -0.3 is 4.74 Å². The minimum atomic E-state index is 0.268. The summed E-state index contributed by atoms with van der Waals surface area (Å²) in [6, 6.07) is 17.7. The third kappa shape index (κ3) is 4.45. The van der Waals surface area contributed by atoms with Crippen LogP contribution in [0.25, 0.3) is 0 Å². The number of hydrogen-bond acceptors (Lipinski definition) is 1. The Morgan fingerprint density at radius 2 is 1.79 bits per heavy atom. The van der Waals surface area contributed by atoms with Gasteiger partial charge in [0, 0.05) is 16.8 Å². The standard InChI is InChI=1S/C16H16Cl2O/c17-12-14(13-5-4-6-15(18)11-13)9-10-19-16-7-2-1-3-8-16/h1-8,11,14H,9-10,12H2. The van der Waals surface area contributed by atoms with Gasteiger partial charge in [-0.3, -0.25) is 0 Å².